The zero-order chi connectivity index (χ0) is 12.8. The van der Waals surface area contributed by atoms with Gasteiger partial charge in [-0.15, -0.1) is 0 Å². The Balaban J connectivity index is 1.98. The molecule has 0 atom stereocenters. The Hall–Kier alpha value is -2.73. The molecule has 2 rings (SSSR count). The van der Waals surface area contributed by atoms with Gasteiger partial charge in [0.2, 0.25) is 0 Å². The van der Waals surface area contributed by atoms with Gasteiger partial charge in [0.15, 0.2) is 0 Å². The van der Waals surface area contributed by atoms with Gasteiger partial charge in [0, 0.05) is 5.69 Å². The lowest BCUT2D eigenvalue weighted by molar-refractivity contribution is 0.485. The molecule has 0 aliphatic rings. The predicted octanol–water partition coefficient (Wildman–Crippen LogP) is 3.19. The van der Waals surface area contributed by atoms with E-state index in [9.17, 15) is 0 Å². The van der Waals surface area contributed by atoms with Crippen molar-refractivity contribution in [2.24, 2.45) is 0 Å². The van der Waals surface area contributed by atoms with Crippen molar-refractivity contribution in [3.05, 3.63) is 65.9 Å². The first kappa shape index (κ1) is 11.7. The molecule has 0 aliphatic heterocycles. The van der Waals surface area contributed by atoms with E-state index in [1.54, 1.807) is 42.7 Å². The number of hydrogen-bond acceptors (Lipinski definition) is 3. The molecule has 0 saturated heterocycles. The summed E-state index contributed by atoms with van der Waals surface area (Å²) in [7, 11) is 0. The summed E-state index contributed by atoms with van der Waals surface area (Å²) in [6.45, 7) is 0. The van der Waals surface area contributed by atoms with Gasteiger partial charge in [-0.1, -0.05) is 12.1 Å². The average Bonchev–Trinajstić information content (AvgIpc) is 2.42. The summed E-state index contributed by atoms with van der Waals surface area (Å²) in [5.41, 5.74) is 7.90. The second kappa shape index (κ2) is 5.55. The molecule has 88 valence electrons. The zero-order valence-corrected chi connectivity index (χ0v) is 9.71. The maximum absolute atomic E-state index is 8.67. The predicted molar refractivity (Wildman–Crippen MR) is 71.7 cm³/mol. The summed E-state index contributed by atoms with van der Waals surface area (Å²) in [5.74, 6) is 0.731. The molecule has 0 radical (unpaired) electrons. The summed E-state index contributed by atoms with van der Waals surface area (Å²) >= 11 is 0. The van der Waals surface area contributed by atoms with E-state index in [4.69, 9.17) is 15.7 Å². The van der Waals surface area contributed by atoms with Gasteiger partial charge in [-0.25, -0.2) is 0 Å². The van der Waals surface area contributed by atoms with Crippen LogP contribution in [-0.4, -0.2) is 0 Å². The number of hydrogen-bond donors (Lipinski definition) is 1. The lowest BCUT2D eigenvalue weighted by atomic mass is 10.1. The number of nitrogen functional groups attached to an aromatic ring is 1. The van der Waals surface area contributed by atoms with Crippen LogP contribution in [0, 0.1) is 11.3 Å². The molecule has 18 heavy (non-hydrogen) atoms. The van der Waals surface area contributed by atoms with Gasteiger partial charge in [0.1, 0.15) is 5.75 Å². The number of nitrogens with zero attached hydrogens (tertiary/aromatic N) is 1. The molecule has 0 saturated carbocycles. The highest BCUT2D eigenvalue weighted by Crippen LogP contribution is 2.14. The van der Waals surface area contributed by atoms with E-state index in [0.717, 1.165) is 11.3 Å². The molecule has 0 spiro atoms. The third-order valence-corrected chi connectivity index (χ3v) is 2.38. The fourth-order valence-corrected chi connectivity index (χ4v) is 1.41. The molecular weight excluding hydrogens is 224 g/mol. The first-order valence-corrected chi connectivity index (χ1v) is 5.47. The molecule has 0 aliphatic carbocycles. The standard InChI is InChI=1S/C15H12N2O/c16-11-13-3-1-12(2-4-13)9-10-18-15-7-5-14(17)6-8-15/h1-10H,17H2. The van der Waals surface area contributed by atoms with Gasteiger partial charge in [0.05, 0.1) is 17.9 Å². The molecule has 0 heterocycles. The minimum Gasteiger partial charge on any atom is -0.465 e. The first-order chi connectivity index (χ1) is 8.78. The van der Waals surface area contributed by atoms with Crippen LogP contribution in [0.25, 0.3) is 6.08 Å². The second-order valence-electron chi connectivity index (χ2n) is 3.72. The van der Waals surface area contributed by atoms with E-state index in [1.165, 1.54) is 0 Å². The van der Waals surface area contributed by atoms with Crippen LogP contribution >= 0.6 is 0 Å². The maximum Gasteiger partial charge on any atom is 0.126 e. The van der Waals surface area contributed by atoms with Crippen molar-refractivity contribution in [1.82, 2.24) is 0 Å². The van der Waals surface area contributed by atoms with Crippen molar-refractivity contribution in [2.45, 2.75) is 0 Å². The topological polar surface area (TPSA) is 59.0 Å². The van der Waals surface area contributed by atoms with Crippen molar-refractivity contribution in [1.29, 1.82) is 5.26 Å². The molecule has 3 nitrogen and oxygen atoms in total. The van der Waals surface area contributed by atoms with Crippen molar-refractivity contribution in [3.63, 3.8) is 0 Å². The van der Waals surface area contributed by atoms with Crippen molar-refractivity contribution in [3.8, 4) is 11.8 Å². The van der Waals surface area contributed by atoms with E-state index in [2.05, 4.69) is 6.07 Å². The molecule has 0 bridgehead atoms. The fraction of sp³-hybridized carbons (Fsp3) is 0. The van der Waals surface area contributed by atoms with E-state index >= 15 is 0 Å². The number of benzene rings is 2. The highest BCUT2D eigenvalue weighted by atomic mass is 16.5. The van der Waals surface area contributed by atoms with Crippen molar-refractivity contribution < 1.29 is 4.74 Å². The van der Waals surface area contributed by atoms with Gasteiger partial charge < -0.3 is 10.5 Å². The van der Waals surface area contributed by atoms with Gasteiger partial charge in [0.25, 0.3) is 0 Å². The van der Waals surface area contributed by atoms with E-state index in [0.29, 0.717) is 11.3 Å². The molecule has 2 N–H and O–H groups in total. The minimum atomic E-state index is 0.645. The summed E-state index contributed by atoms with van der Waals surface area (Å²) in [6, 6.07) is 16.5. The average molecular weight is 236 g/mol. The van der Waals surface area contributed by atoms with Crippen molar-refractivity contribution in [2.75, 3.05) is 5.73 Å². The molecule has 0 amide bonds. The largest absolute Gasteiger partial charge is 0.465 e. The highest BCUT2D eigenvalue weighted by molar-refractivity contribution is 5.50. The number of ether oxygens (including phenoxy) is 1. The van der Waals surface area contributed by atoms with Crippen LogP contribution in [0.1, 0.15) is 11.1 Å². The highest BCUT2D eigenvalue weighted by Gasteiger charge is 1.91. The second-order valence-corrected chi connectivity index (χ2v) is 3.72. The first-order valence-electron chi connectivity index (χ1n) is 5.47. The Morgan fingerprint density at radius 2 is 1.67 bits per heavy atom. The minimum absolute atomic E-state index is 0.645. The van der Waals surface area contributed by atoms with E-state index < -0.39 is 0 Å². The quantitative estimate of drug-likeness (QED) is 0.657. The number of rotatable bonds is 3. The van der Waals surface area contributed by atoms with Crippen LogP contribution in [0.4, 0.5) is 5.69 Å². The van der Waals surface area contributed by atoms with Crippen LogP contribution in [0.3, 0.4) is 0 Å². The van der Waals surface area contributed by atoms with Gasteiger partial charge in [-0.3, -0.25) is 0 Å². The van der Waals surface area contributed by atoms with Crippen molar-refractivity contribution >= 4 is 11.8 Å². The van der Waals surface area contributed by atoms with E-state index in [-0.39, 0.29) is 0 Å². The van der Waals surface area contributed by atoms with Crippen LogP contribution in [0.2, 0.25) is 0 Å². The monoisotopic (exact) mass is 236 g/mol. The Morgan fingerprint density at radius 1 is 1.00 bits per heavy atom. The number of nitrogens with two attached hydrogens (primary N) is 1. The van der Waals surface area contributed by atoms with Crippen LogP contribution < -0.4 is 10.5 Å². The lowest BCUT2D eigenvalue weighted by Crippen LogP contribution is -1.85. The summed E-state index contributed by atoms with van der Waals surface area (Å²) in [4.78, 5) is 0. The molecule has 0 fully saturated rings. The third-order valence-electron chi connectivity index (χ3n) is 2.38. The molecule has 2 aromatic carbocycles. The molecule has 0 unspecified atom stereocenters. The Morgan fingerprint density at radius 3 is 2.28 bits per heavy atom. The Kier molecular flexibility index (Phi) is 3.62. The Bertz CT molecular complexity index is 577. The number of anilines is 1. The molecule has 0 aromatic heterocycles. The molecular formula is C15H12N2O. The smallest absolute Gasteiger partial charge is 0.126 e. The van der Waals surface area contributed by atoms with Crippen LogP contribution in [-0.2, 0) is 0 Å². The van der Waals surface area contributed by atoms with E-state index in [1.807, 2.05) is 18.2 Å². The normalized spacial score (nSPS) is 10.2. The maximum atomic E-state index is 8.67. The zero-order valence-electron chi connectivity index (χ0n) is 9.71. The summed E-state index contributed by atoms with van der Waals surface area (Å²) in [6.07, 6.45) is 3.43. The van der Waals surface area contributed by atoms with Gasteiger partial charge >= 0.3 is 0 Å². The summed E-state index contributed by atoms with van der Waals surface area (Å²) in [5, 5.41) is 8.67. The SMILES string of the molecule is N#Cc1ccc(C=COc2ccc(N)cc2)cc1. The Labute approximate surface area is 106 Å². The summed E-state index contributed by atoms with van der Waals surface area (Å²) < 4.78 is 5.42. The number of nitriles is 1. The van der Waals surface area contributed by atoms with Gasteiger partial charge in [-0.2, -0.15) is 5.26 Å². The van der Waals surface area contributed by atoms with Crippen LogP contribution in [0.5, 0.6) is 5.75 Å². The molecule has 3 heteroatoms. The lowest BCUT2D eigenvalue weighted by Gasteiger charge is -2.00. The third kappa shape index (κ3) is 3.13. The van der Waals surface area contributed by atoms with Gasteiger partial charge in [-0.05, 0) is 48.0 Å². The van der Waals surface area contributed by atoms with Crippen LogP contribution in [0.15, 0.2) is 54.8 Å². The molecule has 2 aromatic rings. The fourth-order valence-electron chi connectivity index (χ4n) is 1.41.